The topological polar surface area (TPSA) is 28.6 Å². The van der Waals surface area contributed by atoms with E-state index in [0.717, 1.165) is 24.0 Å². The molecule has 0 aliphatic carbocycles. The number of rotatable bonds is 6. The molecule has 4 heteroatoms. The Morgan fingerprint density at radius 1 is 0.963 bits per heavy atom. The highest BCUT2D eigenvalue weighted by atomic mass is 16.5. The van der Waals surface area contributed by atoms with Gasteiger partial charge in [-0.2, -0.15) is 0 Å². The van der Waals surface area contributed by atoms with Gasteiger partial charge in [-0.25, -0.2) is 0 Å². The van der Waals surface area contributed by atoms with Gasteiger partial charge in [0.1, 0.15) is 12.4 Å². The van der Waals surface area contributed by atoms with Crippen molar-refractivity contribution in [2.24, 2.45) is 0 Å². The van der Waals surface area contributed by atoms with Gasteiger partial charge in [-0.1, -0.05) is 24.6 Å². The van der Waals surface area contributed by atoms with Crippen LogP contribution in [0.2, 0.25) is 0 Å². The Kier molecular flexibility index (Phi) is 6.38. The van der Waals surface area contributed by atoms with E-state index in [1.165, 1.54) is 63.8 Å². The fraction of sp³-hybridized carbons (Fsp3) is 0.522. The summed E-state index contributed by atoms with van der Waals surface area (Å²) in [6.07, 6.45) is 8.62. The third-order valence-corrected chi connectivity index (χ3v) is 5.81. The van der Waals surface area contributed by atoms with Crippen molar-refractivity contribution >= 4 is 0 Å². The summed E-state index contributed by atoms with van der Waals surface area (Å²) in [4.78, 5) is 9.70. The number of ether oxygens (including phenoxy) is 1. The van der Waals surface area contributed by atoms with Crippen LogP contribution in [0.15, 0.2) is 48.7 Å². The molecule has 2 aliphatic rings. The second kappa shape index (κ2) is 9.34. The molecule has 4 rings (SSSR count). The molecule has 1 unspecified atom stereocenters. The number of aromatic nitrogens is 1. The highest BCUT2D eigenvalue weighted by molar-refractivity contribution is 5.28. The zero-order chi connectivity index (χ0) is 18.3. The molecule has 2 saturated heterocycles. The zero-order valence-corrected chi connectivity index (χ0v) is 16.2. The molecule has 0 radical (unpaired) electrons. The summed E-state index contributed by atoms with van der Waals surface area (Å²) >= 11 is 0. The normalized spacial score (nSPS) is 21.9. The van der Waals surface area contributed by atoms with Gasteiger partial charge in [0.05, 0.1) is 5.69 Å². The van der Waals surface area contributed by atoms with E-state index in [0.29, 0.717) is 6.61 Å². The lowest BCUT2D eigenvalue weighted by Gasteiger charge is -2.30. The van der Waals surface area contributed by atoms with Crippen LogP contribution in [0.25, 0.3) is 0 Å². The van der Waals surface area contributed by atoms with Crippen molar-refractivity contribution in [1.29, 1.82) is 0 Å². The summed E-state index contributed by atoms with van der Waals surface area (Å²) in [6, 6.07) is 15.3. The molecule has 0 N–H and O–H groups in total. The highest BCUT2D eigenvalue weighted by Gasteiger charge is 2.25. The number of hydrogen-bond donors (Lipinski definition) is 0. The van der Waals surface area contributed by atoms with Crippen molar-refractivity contribution in [1.82, 2.24) is 14.8 Å². The molecule has 1 atom stereocenters. The molecule has 1 aromatic heterocycles. The number of pyridine rings is 1. The third kappa shape index (κ3) is 5.30. The fourth-order valence-electron chi connectivity index (χ4n) is 4.38. The van der Waals surface area contributed by atoms with Gasteiger partial charge in [-0.3, -0.25) is 14.8 Å². The summed E-state index contributed by atoms with van der Waals surface area (Å²) in [7, 11) is 0. The quantitative estimate of drug-likeness (QED) is 0.770. The first-order valence-corrected chi connectivity index (χ1v) is 10.4. The van der Waals surface area contributed by atoms with Crippen LogP contribution in [-0.2, 0) is 13.2 Å². The minimum absolute atomic E-state index is 0.519. The summed E-state index contributed by atoms with van der Waals surface area (Å²) < 4.78 is 5.96. The Hall–Kier alpha value is -1.91. The van der Waals surface area contributed by atoms with Crippen molar-refractivity contribution in [3.8, 4) is 5.75 Å². The number of benzene rings is 1. The number of likely N-dealkylation sites (tertiary alicyclic amines) is 2. The second-order valence-electron chi connectivity index (χ2n) is 7.88. The van der Waals surface area contributed by atoms with E-state index < -0.39 is 0 Å². The van der Waals surface area contributed by atoms with Crippen LogP contribution < -0.4 is 4.74 Å². The maximum atomic E-state index is 5.96. The molecule has 2 aliphatic heterocycles. The van der Waals surface area contributed by atoms with Crippen LogP contribution in [0.1, 0.15) is 43.4 Å². The third-order valence-electron chi connectivity index (χ3n) is 5.81. The molecule has 27 heavy (non-hydrogen) atoms. The van der Waals surface area contributed by atoms with Crippen LogP contribution in [0, 0.1) is 0 Å². The first-order valence-electron chi connectivity index (χ1n) is 10.4. The van der Waals surface area contributed by atoms with Gasteiger partial charge in [-0.15, -0.1) is 0 Å². The number of hydrogen-bond acceptors (Lipinski definition) is 4. The SMILES string of the molecule is c1ccc(COc2cccc(CN3CCCCC(N4CCCC4)C3)c2)nc1. The second-order valence-corrected chi connectivity index (χ2v) is 7.88. The van der Waals surface area contributed by atoms with Gasteiger partial charge < -0.3 is 4.74 Å². The highest BCUT2D eigenvalue weighted by Crippen LogP contribution is 2.22. The van der Waals surface area contributed by atoms with Gasteiger partial charge in [0.25, 0.3) is 0 Å². The van der Waals surface area contributed by atoms with E-state index in [1.807, 2.05) is 30.5 Å². The van der Waals surface area contributed by atoms with Gasteiger partial charge >= 0.3 is 0 Å². The molecule has 0 spiro atoms. The van der Waals surface area contributed by atoms with Crippen LogP contribution in [0.3, 0.4) is 0 Å². The Balaban J connectivity index is 1.35. The molecular formula is C23H31N3O. The first-order chi connectivity index (χ1) is 13.4. The van der Waals surface area contributed by atoms with Gasteiger partial charge in [0, 0.05) is 25.3 Å². The lowest BCUT2D eigenvalue weighted by Crippen LogP contribution is -2.41. The average molecular weight is 366 g/mol. The van der Waals surface area contributed by atoms with E-state index in [9.17, 15) is 0 Å². The van der Waals surface area contributed by atoms with Gasteiger partial charge in [0.2, 0.25) is 0 Å². The molecule has 2 aromatic rings. The van der Waals surface area contributed by atoms with Crippen LogP contribution >= 0.6 is 0 Å². The Morgan fingerprint density at radius 3 is 2.70 bits per heavy atom. The van der Waals surface area contributed by atoms with Crippen molar-refractivity contribution in [2.45, 2.75) is 51.3 Å². The summed E-state index contributed by atoms with van der Waals surface area (Å²) in [5, 5.41) is 0. The van der Waals surface area contributed by atoms with Crippen molar-refractivity contribution in [3.05, 3.63) is 59.9 Å². The smallest absolute Gasteiger partial charge is 0.130 e. The lowest BCUT2D eigenvalue weighted by atomic mass is 10.1. The minimum Gasteiger partial charge on any atom is -0.487 e. The van der Waals surface area contributed by atoms with Crippen LogP contribution in [0.5, 0.6) is 5.75 Å². The van der Waals surface area contributed by atoms with E-state index >= 15 is 0 Å². The lowest BCUT2D eigenvalue weighted by molar-refractivity contribution is 0.167. The predicted molar refractivity (Wildman–Crippen MR) is 109 cm³/mol. The fourth-order valence-corrected chi connectivity index (χ4v) is 4.38. The van der Waals surface area contributed by atoms with Crippen molar-refractivity contribution < 1.29 is 4.74 Å². The van der Waals surface area contributed by atoms with E-state index in [2.05, 4.69) is 33.0 Å². The maximum absolute atomic E-state index is 5.96. The predicted octanol–water partition coefficient (Wildman–Crippen LogP) is 4.11. The molecule has 3 heterocycles. The molecule has 1 aromatic carbocycles. The molecule has 0 saturated carbocycles. The molecule has 0 amide bonds. The Bertz CT molecular complexity index is 700. The molecule has 4 nitrogen and oxygen atoms in total. The standard InChI is InChI=1S/C23H31N3O/c1-3-12-24-21(9-1)19-27-23-11-7-8-20(16-23)17-25-13-4-2-10-22(18-25)26-14-5-6-15-26/h1,3,7-9,11-12,16,22H,2,4-6,10,13-15,17-19H2. The van der Waals surface area contributed by atoms with E-state index in [-0.39, 0.29) is 0 Å². The van der Waals surface area contributed by atoms with Gasteiger partial charge in [0.15, 0.2) is 0 Å². The Morgan fingerprint density at radius 2 is 1.85 bits per heavy atom. The Labute approximate surface area is 163 Å². The summed E-state index contributed by atoms with van der Waals surface area (Å²) in [5.74, 6) is 0.934. The summed E-state index contributed by atoms with van der Waals surface area (Å²) in [6.45, 7) is 6.56. The van der Waals surface area contributed by atoms with Crippen molar-refractivity contribution in [3.63, 3.8) is 0 Å². The molecule has 144 valence electrons. The maximum Gasteiger partial charge on any atom is 0.130 e. The number of nitrogens with zero attached hydrogens (tertiary/aromatic N) is 3. The van der Waals surface area contributed by atoms with Crippen molar-refractivity contribution in [2.75, 3.05) is 26.2 Å². The average Bonchev–Trinajstić information content (AvgIpc) is 3.15. The summed E-state index contributed by atoms with van der Waals surface area (Å²) in [5.41, 5.74) is 2.31. The first kappa shape index (κ1) is 18.5. The zero-order valence-electron chi connectivity index (χ0n) is 16.2. The molecule has 2 fully saturated rings. The molecular weight excluding hydrogens is 334 g/mol. The largest absolute Gasteiger partial charge is 0.487 e. The van der Waals surface area contributed by atoms with Crippen LogP contribution in [0.4, 0.5) is 0 Å². The van der Waals surface area contributed by atoms with Gasteiger partial charge in [-0.05, 0) is 75.1 Å². The molecule has 0 bridgehead atoms. The monoisotopic (exact) mass is 365 g/mol. The van der Waals surface area contributed by atoms with E-state index in [4.69, 9.17) is 4.74 Å². The van der Waals surface area contributed by atoms with E-state index in [1.54, 1.807) is 0 Å². The van der Waals surface area contributed by atoms with Crippen LogP contribution in [-0.4, -0.2) is 47.0 Å². The minimum atomic E-state index is 0.519.